The van der Waals surface area contributed by atoms with Crippen LogP contribution in [0.15, 0.2) is 18.2 Å². The average molecular weight is 353 g/mol. The number of methoxy groups -OCH3 is 3. The molecule has 2 unspecified atom stereocenters. The fraction of sp³-hybridized carbons (Fsp3) is 0.556. The van der Waals surface area contributed by atoms with Crippen molar-refractivity contribution in [1.29, 1.82) is 0 Å². The maximum Gasteiger partial charge on any atom is 0.310 e. The van der Waals surface area contributed by atoms with Crippen LogP contribution in [0.4, 0.5) is 0 Å². The number of amides is 1. The van der Waals surface area contributed by atoms with Crippen molar-refractivity contribution >= 4 is 11.9 Å². The van der Waals surface area contributed by atoms with Crippen molar-refractivity contribution in [2.75, 3.05) is 34.5 Å². The molecule has 1 aromatic rings. The Morgan fingerprint density at radius 3 is 2.28 bits per heavy atom. The van der Waals surface area contributed by atoms with E-state index < -0.39 is 17.9 Å². The molecular formula is C18H27NO6. The van der Waals surface area contributed by atoms with E-state index in [0.717, 1.165) is 0 Å². The molecule has 140 valence electrons. The first-order chi connectivity index (χ1) is 11.9. The number of aliphatic hydroxyl groups excluding tert-OH is 1. The summed E-state index contributed by atoms with van der Waals surface area (Å²) in [5, 5.41) is 9.63. The van der Waals surface area contributed by atoms with Gasteiger partial charge in [-0.05, 0) is 24.6 Å². The Bertz CT molecular complexity index is 585. The molecule has 0 spiro atoms. The van der Waals surface area contributed by atoms with Crippen LogP contribution in [-0.2, 0) is 9.53 Å². The van der Waals surface area contributed by atoms with E-state index in [1.807, 2.05) is 6.92 Å². The minimum atomic E-state index is -0.505. The van der Waals surface area contributed by atoms with Gasteiger partial charge in [-0.3, -0.25) is 9.59 Å². The van der Waals surface area contributed by atoms with Gasteiger partial charge in [0.1, 0.15) is 0 Å². The normalized spacial score (nSPS) is 12.9. The summed E-state index contributed by atoms with van der Waals surface area (Å²) < 4.78 is 15.2. The van der Waals surface area contributed by atoms with Gasteiger partial charge in [-0.15, -0.1) is 0 Å². The van der Waals surface area contributed by atoms with E-state index in [4.69, 9.17) is 14.2 Å². The van der Waals surface area contributed by atoms with E-state index in [0.29, 0.717) is 23.5 Å². The Labute approximate surface area is 148 Å². The van der Waals surface area contributed by atoms with Gasteiger partial charge in [0.25, 0.3) is 5.91 Å². The molecule has 0 aliphatic heterocycles. The van der Waals surface area contributed by atoms with Gasteiger partial charge in [0.05, 0.1) is 39.9 Å². The second-order valence-electron chi connectivity index (χ2n) is 5.70. The molecule has 0 bridgehead atoms. The molecule has 0 radical (unpaired) electrons. The maximum atomic E-state index is 13.0. The molecule has 1 rings (SSSR count). The molecule has 0 aliphatic rings. The summed E-state index contributed by atoms with van der Waals surface area (Å²) >= 11 is 0. The fourth-order valence-corrected chi connectivity index (χ4v) is 2.55. The molecule has 1 aromatic carbocycles. The highest BCUT2D eigenvalue weighted by molar-refractivity contribution is 5.95. The summed E-state index contributed by atoms with van der Waals surface area (Å²) in [5.74, 6) is -0.251. The molecule has 0 aromatic heterocycles. The van der Waals surface area contributed by atoms with Gasteiger partial charge in [0, 0.05) is 12.1 Å². The Kier molecular flexibility index (Phi) is 8.21. The molecule has 0 heterocycles. The number of rotatable bonds is 9. The van der Waals surface area contributed by atoms with Crippen molar-refractivity contribution in [3.63, 3.8) is 0 Å². The largest absolute Gasteiger partial charge is 0.493 e. The molecule has 7 nitrogen and oxygen atoms in total. The summed E-state index contributed by atoms with van der Waals surface area (Å²) in [6, 6.07) is 4.46. The fourth-order valence-electron chi connectivity index (χ4n) is 2.55. The van der Waals surface area contributed by atoms with Crippen LogP contribution < -0.4 is 9.47 Å². The Morgan fingerprint density at radius 1 is 1.16 bits per heavy atom. The zero-order valence-electron chi connectivity index (χ0n) is 15.4. The Balaban J connectivity index is 3.16. The van der Waals surface area contributed by atoms with Gasteiger partial charge < -0.3 is 24.2 Å². The highest BCUT2D eigenvalue weighted by atomic mass is 16.5. The number of hydrogen-bond acceptors (Lipinski definition) is 6. The van der Waals surface area contributed by atoms with Crippen LogP contribution in [0.3, 0.4) is 0 Å². The molecule has 0 saturated carbocycles. The number of hydrogen-bond donors (Lipinski definition) is 1. The molecule has 2 atom stereocenters. The van der Waals surface area contributed by atoms with Crippen LogP contribution in [0.25, 0.3) is 0 Å². The minimum Gasteiger partial charge on any atom is -0.493 e. The molecule has 0 saturated heterocycles. The van der Waals surface area contributed by atoms with Crippen LogP contribution in [0.2, 0.25) is 0 Å². The molecule has 0 aliphatic carbocycles. The van der Waals surface area contributed by atoms with Crippen molar-refractivity contribution in [3.8, 4) is 11.5 Å². The van der Waals surface area contributed by atoms with Crippen LogP contribution >= 0.6 is 0 Å². The van der Waals surface area contributed by atoms with Gasteiger partial charge in [-0.2, -0.15) is 0 Å². The van der Waals surface area contributed by atoms with Crippen LogP contribution in [0, 0.1) is 5.92 Å². The summed E-state index contributed by atoms with van der Waals surface area (Å²) in [6.45, 7) is 3.52. The zero-order valence-corrected chi connectivity index (χ0v) is 15.4. The minimum absolute atomic E-state index is 0.152. The number of carbonyl (C=O) groups excluding carboxylic acids is 2. The zero-order chi connectivity index (χ0) is 19.0. The number of ether oxygens (including phenoxy) is 3. The molecule has 7 heteroatoms. The quantitative estimate of drug-likeness (QED) is 0.681. The average Bonchev–Trinajstić information content (AvgIpc) is 2.65. The lowest BCUT2D eigenvalue weighted by Crippen LogP contribution is -2.45. The predicted molar refractivity (Wildman–Crippen MR) is 92.9 cm³/mol. The topological polar surface area (TPSA) is 85.3 Å². The molecule has 1 N–H and O–H groups in total. The van der Waals surface area contributed by atoms with E-state index in [9.17, 15) is 14.7 Å². The lowest BCUT2D eigenvalue weighted by atomic mass is 10.1. The first kappa shape index (κ1) is 20.8. The smallest absolute Gasteiger partial charge is 0.310 e. The van der Waals surface area contributed by atoms with Gasteiger partial charge in [0.2, 0.25) is 0 Å². The standard InChI is InChI=1S/C18H27NO6/c1-6-14(11-20)19(10-12(2)18(22)25-5)17(21)13-7-8-15(23-3)16(9-13)24-4/h7-9,12,14,20H,6,10-11H2,1-5H3. The Hall–Kier alpha value is -2.28. The maximum absolute atomic E-state index is 13.0. The van der Waals surface area contributed by atoms with E-state index in [2.05, 4.69) is 0 Å². The SMILES string of the molecule is CCC(CO)N(CC(C)C(=O)OC)C(=O)c1ccc(OC)c(OC)c1. The van der Waals surface area contributed by atoms with Crippen molar-refractivity contribution < 1.29 is 28.9 Å². The predicted octanol–water partition coefficient (Wildman–Crippen LogP) is 1.73. The third-order valence-electron chi connectivity index (χ3n) is 4.09. The first-order valence-corrected chi connectivity index (χ1v) is 8.15. The van der Waals surface area contributed by atoms with E-state index in [1.165, 1.54) is 26.2 Å². The number of nitrogens with zero attached hydrogens (tertiary/aromatic N) is 1. The highest BCUT2D eigenvalue weighted by Gasteiger charge is 2.28. The van der Waals surface area contributed by atoms with Crippen LogP contribution in [0.5, 0.6) is 11.5 Å². The number of benzene rings is 1. The third kappa shape index (κ3) is 5.09. The van der Waals surface area contributed by atoms with E-state index in [-0.39, 0.29) is 19.1 Å². The van der Waals surface area contributed by atoms with Crippen LogP contribution in [-0.4, -0.2) is 62.4 Å². The third-order valence-corrected chi connectivity index (χ3v) is 4.09. The summed E-state index contributed by atoms with van der Waals surface area (Å²) in [6.07, 6.45) is 0.559. The monoisotopic (exact) mass is 353 g/mol. The lowest BCUT2D eigenvalue weighted by Gasteiger charge is -2.32. The van der Waals surface area contributed by atoms with Crippen LogP contribution in [0.1, 0.15) is 30.6 Å². The van der Waals surface area contributed by atoms with Gasteiger partial charge >= 0.3 is 5.97 Å². The van der Waals surface area contributed by atoms with Crippen molar-refractivity contribution in [2.24, 2.45) is 5.92 Å². The molecule has 25 heavy (non-hydrogen) atoms. The van der Waals surface area contributed by atoms with Crippen molar-refractivity contribution in [2.45, 2.75) is 26.3 Å². The second-order valence-corrected chi connectivity index (χ2v) is 5.70. The van der Waals surface area contributed by atoms with E-state index >= 15 is 0 Å². The van der Waals surface area contributed by atoms with Gasteiger partial charge in [-0.25, -0.2) is 0 Å². The number of carbonyl (C=O) groups is 2. The molecule has 0 fully saturated rings. The first-order valence-electron chi connectivity index (χ1n) is 8.15. The van der Waals surface area contributed by atoms with Gasteiger partial charge in [-0.1, -0.05) is 13.8 Å². The highest BCUT2D eigenvalue weighted by Crippen LogP contribution is 2.28. The summed E-state index contributed by atoms with van der Waals surface area (Å²) in [7, 11) is 4.32. The van der Waals surface area contributed by atoms with Crippen molar-refractivity contribution in [1.82, 2.24) is 4.90 Å². The number of aliphatic hydroxyl groups is 1. The lowest BCUT2D eigenvalue weighted by molar-refractivity contribution is -0.145. The van der Waals surface area contributed by atoms with Gasteiger partial charge in [0.15, 0.2) is 11.5 Å². The summed E-state index contributed by atoms with van der Waals surface area (Å²) in [5.41, 5.74) is 0.390. The second kappa shape index (κ2) is 9.88. The number of esters is 1. The van der Waals surface area contributed by atoms with Crippen molar-refractivity contribution in [3.05, 3.63) is 23.8 Å². The van der Waals surface area contributed by atoms with E-state index in [1.54, 1.807) is 25.1 Å². The summed E-state index contributed by atoms with van der Waals surface area (Å²) in [4.78, 5) is 26.2. The molecular weight excluding hydrogens is 326 g/mol. The molecule has 1 amide bonds. The Morgan fingerprint density at radius 2 is 1.80 bits per heavy atom.